The highest BCUT2D eigenvalue weighted by Crippen LogP contribution is 2.63. The molecule has 37 heavy (non-hydrogen) atoms. The molecule has 3 aliphatic rings. The molecule has 4 rings (SSSR count). The van der Waals surface area contributed by atoms with Crippen LogP contribution < -0.4 is 10.5 Å². The number of aromatic hydroxyl groups is 1. The molecule has 3 aliphatic carbocycles. The van der Waals surface area contributed by atoms with Crippen molar-refractivity contribution >= 4 is 38.9 Å². The number of hydrogen-bond donors (Lipinski definition) is 6. The number of nitrogens with two attached hydrogens (primary N) is 1. The monoisotopic (exact) mass is 535 g/mol. The van der Waals surface area contributed by atoms with Crippen LogP contribution in [-0.2, 0) is 30.8 Å². The lowest BCUT2D eigenvalue weighted by atomic mass is 9.46. The molecule has 1 saturated carbocycles. The van der Waals surface area contributed by atoms with Gasteiger partial charge < -0.3 is 26.2 Å². The lowest BCUT2D eigenvalue weighted by molar-refractivity contribution is -0.175. The van der Waals surface area contributed by atoms with E-state index in [1.54, 1.807) is 6.92 Å². The summed E-state index contributed by atoms with van der Waals surface area (Å²) in [4.78, 5) is 41.0. The first-order valence-corrected chi connectivity index (χ1v) is 13.2. The van der Waals surface area contributed by atoms with Gasteiger partial charge in [-0.05, 0) is 44.6 Å². The number of nitrogens with one attached hydrogen (secondary N) is 1. The Morgan fingerprint density at radius 2 is 1.76 bits per heavy atom. The molecule has 200 valence electrons. The Morgan fingerprint density at radius 3 is 2.27 bits per heavy atom. The Hall–Kier alpha value is -3.42. The van der Waals surface area contributed by atoms with Crippen molar-refractivity contribution in [1.29, 1.82) is 0 Å². The largest absolute Gasteiger partial charge is 0.508 e. The summed E-state index contributed by atoms with van der Waals surface area (Å²) in [7, 11) is -0.747. The van der Waals surface area contributed by atoms with Crippen molar-refractivity contribution in [1.82, 2.24) is 4.90 Å². The van der Waals surface area contributed by atoms with Crippen LogP contribution in [-0.4, -0.2) is 83.2 Å². The van der Waals surface area contributed by atoms with Gasteiger partial charge in [0.15, 0.2) is 11.4 Å². The highest BCUT2D eigenvalue weighted by Gasteiger charge is 2.72. The lowest BCUT2D eigenvalue weighted by Gasteiger charge is -2.59. The Morgan fingerprint density at radius 1 is 1.16 bits per heavy atom. The normalized spacial score (nSPS) is 31.7. The molecule has 12 nitrogen and oxygen atoms in total. The second kappa shape index (κ2) is 7.79. The van der Waals surface area contributed by atoms with Crippen molar-refractivity contribution in [3.05, 3.63) is 40.2 Å². The van der Waals surface area contributed by atoms with E-state index in [-0.39, 0.29) is 35.2 Å². The minimum absolute atomic E-state index is 0.0724. The van der Waals surface area contributed by atoms with Crippen molar-refractivity contribution in [3.63, 3.8) is 0 Å². The second-order valence-electron chi connectivity index (χ2n) is 10.8. The summed E-state index contributed by atoms with van der Waals surface area (Å²) < 4.78 is 26.3. The average molecular weight is 536 g/mol. The maximum atomic E-state index is 14.1. The van der Waals surface area contributed by atoms with Gasteiger partial charge in [-0.15, -0.1) is 0 Å². The molecule has 13 heteroatoms. The van der Waals surface area contributed by atoms with E-state index in [9.17, 15) is 43.2 Å². The van der Waals surface area contributed by atoms with Crippen LogP contribution in [0.5, 0.6) is 5.75 Å². The topological polar surface area (TPSA) is 208 Å². The summed E-state index contributed by atoms with van der Waals surface area (Å²) in [6.07, 6.45) is 0.691. The molecule has 1 aromatic rings. The van der Waals surface area contributed by atoms with Gasteiger partial charge in [0.1, 0.15) is 22.8 Å². The number of benzene rings is 1. The molecule has 1 fully saturated rings. The number of aliphatic hydroxyl groups is 3. The number of sulfonamides is 1. The number of carbonyl (C=O) groups excluding carboxylic acids is 3. The summed E-state index contributed by atoms with van der Waals surface area (Å²) in [6, 6.07) is 1.18. The summed E-state index contributed by atoms with van der Waals surface area (Å²) in [5.41, 5.74) is -1.67. The first-order valence-electron chi connectivity index (χ1n) is 11.3. The summed E-state index contributed by atoms with van der Waals surface area (Å²) in [6.45, 7) is 3.02. The molecule has 4 atom stereocenters. The fraction of sp³-hybridized carbons (Fsp3) is 0.458. The lowest BCUT2D eigenvalue weighted by Crippen LogP contribution is -2.72. The first kappa shape index (κ1) is 26.6. The predicted octanol–water partition coefficient (Wildman–Crippen LogP) is 0.116. The quantitative estimate of drug-likeness (QED) is 0.227. The zero-order valence-electron chi connectivity index (χ0n) is 20.9. The van der Waals surface area contributed by atoms with E-state index < -0.39 is 72.8 Å². The summed E-state index contributed by atoms with van der Waals surface area (Å²) in [5.74, 6) is -5.72. The maximum absolute atomic E-state index is 14.1. The summed E-state index contributed by atoms with van der Waals surface area (Å²) >= 11 is 0. The van der Waals surface area contributed by atoms with Crippen LogP contribution in [0, 0.1) is 10.8 Å². The average Bonchev–Trinajstić information content (AvgIpc) is 2.71. The van der Waals surface area contributed by atoms with Gasteiger partial charge in [-0.2, -0.15) is 0 Å². The number of rotatable bonds is 4. The molecule has 0 saturated heterocycles. The molecule has 0 unspecified atom stereocenters. The smallest absolute Gasteiger partial charge is 0.255 e. The van der Waals surface area contributed by atoms with Crippen molar-refractivity contribution in [2.45, 2.75) is 38.3 Å². The molecule has 0 heterocycles. The third-order valence-corrected chi connectivity index (χ3v) is 8.40. The molecule has 0 bridgehead atoms. The van der Waals surface area contributed by atoms with Crippen molar-refractivity contribution in [3.8, 4) is 5.75 Å². The molecule has 0 aromatic heterocycles. The Kier molecular flexibility index (Phi) is 5.61. The zero-order chi connectivity index (χ0) is 28.0. The van der Waals surface area contributed by atoms with Crippen molar-refractivity contribution < 1.29 is 43.2 Å². The van der Waals surface area contributed by atoms with Gasteiger partial charge in [-0.1, -0.05) is 13.8 Å². The second-order valence-corrected chi connectivity index (χ2v) is 12.5. The molecule has 1 amide bonds. The fourth-order valence-corrected chi connectivity index (χ4v) is 7.21. The number of fused-ring (bicyclic) bond motifs is 3. The minimum Gasteiger partial charge on any atom is -0.508 e. The van der Waals surface area contributed by atoms with E-state index in [0.29, 0.717) is 0 Å². The standard InChI is InChI=1S/C24H29N3O9S/c1-22-8-10-11(26-37(5,35)36)6-7-12(28)13(10)16(29)15(22)20(32)24(34)19(31)14(21(25)33)17(30)18(27(3)4)23(24,2)9-22/h6-7,18,26,28-29,31,34H,8-9H2,1-5H3,(H2,25,33)/t18-,22+,23+,24-/m1/s1. The van der Waals surface area contributed by atoms with Crippen LogP contribution >= 0.6 is 0 Å². The SMILES string of the molecule is CN(C)[C@@H]1C(=O)C(C(N)=O)=C(O)[C@@]2(O)C(=O)C3=C(O)c4c(O)ccc(NS(C)(=O)=O)c4C[C@@]3(C)C[C@@]12C. The number of primary amides is 1. The Balaban J connectivity index is 2.08. The van der Waals surface area contributed by atoms with E-state index in [0.717, 1.165) is 12.3 Å². The molecule has 7 N–H and O–H groups in total. The van der Waals surface area contributed by atoms with Gasteiger partial charge in [-0.25, -0.2) is 8.42 Å². The Labute approximate surface area is 213 Å². The highest BCUT2D eigenvalue weighted by atomic mass is 32.2. The fourth-order valence-electron chi connectivity index (χ4n) is 6.62. The van der Waals surface area contributed by atoms with E-state index >= 15 is 0 Å². The van der Waals surface area contributed by atoms with Crippen LogP contribution in [0.3, 0.4) is 0 Å². The van der Waals surface area contributed by atoms with Crippen LogP contribution in [0.2, 0.25) is 0 Å². The number of anilines is 1. The number of nitrogens with zero attached hydrogens (tertiary/aromatic N) is 1. The maximum Gasteiger partial charge on any atom is 0.255 e. The van der Waals surface area contributed by atoms with E-state index in [1.165, 1.54) is 32.0 Å². The Bertz CT molecular complexity index is 1460. The number of carbonyl (C=O) groups is 3. The minimum atomic E-state index is -3.76. The number of amides is 1. The van der Waals surface area contributed by atoms with E-state index in [4.69, 9.17) is 5.73 Å². The van der Waals surface area contributed by atoms with Gasteiger partial charge >= 0.3 is 0 Å². The van der Waals surface area contributed by atoms with Crippen LogP contribution in [0.25, 0.3) is 5.76 Å². The van der Waals surface area contributed by atoms with Gasteiger partial charge in [0.25, 0.3) is 5.91 Å². The van der Waals surface area contributed by atoms with Crippen LogP contribution in [0.1, 0.15) is 31.4 Å². The third-order valence-electron chi connectivity index (χ3n) is 7.81. The van der Waals surface area contributed by atoms with Crippen LogP contribution in [0.4, 0.5) is 5.69 Å². The van der Waals surface area contributed by atoms with Gasteiger partial charge in [0, 0.05) is 16.4 Å². The highest BCUT2D eigenvalue weighted by molar-refractivity contribution is 7.92. The molecule has 1 aromatic carbocycles. The van der Waals surface area contributed by atoms with E-state index in [2.05, 4.69) is 4.72 Å². The molecule has 0 spiro atoms. The molecule has 0 radical (unpaired) electrons. The number of hydrogen-bond acceptors (Lipinski definition) is 10. The number of phenols is 1. The van der Waals surface area contributed by atoms with Crippen molar-refractivity contribution in [2.24, 2.45) is 16.6 Å². The van der Waals surface area contributed by atoms with Gasteiger partial charge in [0.05, 0.1) is 23.5 Å². The third kappa shape index (κ3) is 3.41. The predicted molar refractivity (Wildman–Crippen MR) is 132 cm³/mol. The number of aliphatic hydroxyl groups excluding tert-OH is 2. The molecular weight excluding hydrogens is 506 g/mol. The number of phenolic OH excluding ortho intramolecular Hbond substituents is 1. The molecular formula is C24H29N3O9S. The number of ketones is 2. The van der Waals surface area contributed by atoms with Crippen molar-refractivity contribution in [2.75, 3.05) is 25.1 Å². The first-order chi connectivity index (χ1) is 16.8. The van der Waals surface area contributed by atoms with Gasteiger partial charge in [0.2, 0.25) is 15.8 Å². The number of likely N-dealkylation sites (N-methyl/N-ethyl adjacent to an activating group) is 1. The zero-order valence-corrected chi connectivity index (χ0v) is 21.7. The summed E-state index contributed by atoms with van der Waals surface area (Å²) in [5, 5.41) is 44.8. The van der Waals surface area contributed by atoms with Gasteiger partial charge in [-0.3, -0.25) is 24.0 Å². The van der Waals surface area contributed by atoms with E-state index in [1.807, 2.05) is 0 Å². The molecule has 0 aliphatic heterocycles. The van der Waals surface area contributed by atoms with Crippen LogP contribution in [0.15, 0.2) is 29.0 Å². The number of Topliss-reactive ketones (excluding diaryl/α,β-unsaturated/α-hetero) is 2.